The number of amides is 1. The van der Waals surface area contributed by atoms with Crippen LogP contribution < -0.4 is 5.32 Å². The van der Waals surface area contributed by atoms with E-state index in [2.05, 4.69) is 5.32 Å². The van der Waals surface area contributed by atoms with E-state index < -0.39 is 11.7 Å². The predicted molar refractivity (Wildman–Crippen MR) is 79.1 cm³/mol. The van der Waals surface area contributed by atoms with Gasteiger partial charge in [-0.1, -0.05) is 49.6 Å². The largest absolute Gasteiger partial charge is 0.373 e. The third-order valence-corrected chi connectivity index (χ3v) is 4.55. The lowest BCUT2D eigenvalue weighted by atomic mass is 9.82. The first kappa shape index (κ1) is 14.3. The highest BCUT2D eigenvalue weighted by molar-refractivity contribution is 6.42. The fourth-order valence-corrected chi connectivity index (χ4v) is 3.45. The first-order valence-corrected chi connectivity index (χ1v) is 7.73. The molecule has 1 N–H and O–H groups in total. The molecule has 1 aromatic rings. The lowest BCUT2D eigenvalue weighted by Gasteiger charge is -2.32. The molecule has 3 rings (SSSR count). The SMILES string of the molecule is O=C(N[C@H]1COC2(CCCCC2)C1)C(=O)c1ccccc1. The summed E-state index contributed by atoms with van der Waals surface area (Å²) in [6.07, 6.45) is 6.65. The Hall–Kier alpha value is -1.68. The molecule has 0 bridgehead atoms. The highest BCUT2D eigenvalue weighted by Crippen LogP contribution is 2.39. The van der Waals surface area contributed by atoms with E-state index in [4.69, 9.17) is 4.74 Å². The van der Waals surface area contributed by atoms with Crippen LogP contribution in [0.5, 0.6) is 0 Å². The third kappa shape index (κ3) is 3.16. The van der Waals surface area contributed by atoms with Crippen LogP contribution in [0.3, 0.4) is 0 Å². The Morgan fingerprint density at radius 1 is 1.10 bits per heavy atom. The van der Waals surface area contributed by atoms with Crippen LogP contribution in [0, 0.1) is 0 Å². The summed E-state index contributed by atoms with van der Waals surface area (Å²) in [6.45, 7) is 0.522. The maximum absolute atomic E-state index is 12.1. The zero-order chi connectivity index (χ0) is 14.7. The lowest BCUT2D eigenvalue weighted by Crippen LogP contribution is -2.40. The molecule has 1 heterocycles. The van der Waals surface area contributed by atoms with Crippen LogP contribution >= 0.6 is 0 Å². The van der Waals surface area contributed by atoms with Gasteiger partial charge in [0.05, 0.1) is 18.2 Å². The highest BCUT2D eigenvalue weighted by Gasteiger charge is 2.41. The summed E-state index contributed by atoms with van der Waals surface area (Å²) in [5, 5.41) is 2.84. The molecule has 4 heteroatoms. The molecule has 1 aromatic carbocycles. The molecule has 1 saturated carbocycles. The van der Waals surface area contributed by atoms with Gasteiger partial charge < -0.3 is 10.1 Å². The molecule has 21 heavy (non-hydrogen) atoms. The van der Waals surface area contributed by atoms with Crippen LogP contribution in [0.15, 0.2) is 30.3 Å². The molecule has 0 radical (unpaired) electrons. The molecule has 112 valence electrons. The van der Waals surface area contributed by atoms with Crippen molar-refractivity contribution < 1.29 is 14.3 Å². The third-order valence-electron chi connectivity index (χ3n) is 4.55. The number of carbonyl (C=O) groups is 2. The molecule has 1 saturated heterocycles. The smallest absolute Gasteiger partial charge is 0.292 e. The molecule has 2 fully saturated rings. The van der Waals surface area contributed by atoms with E-state index >= 15 is 0 Å². The maximum atomic E-state index is 12.1. The summed E-state index contributed by atoms with van der Waals surface area (Å²) in [6, 6.07) is 8.63. The Labute approximate surface area is 124 Å². The van der Waals surface area contributed by atoms with Gasteiger partial charge in [-0.3, -0.25) is 9.59 Å². The molecule has 2 aliphatic rings. The van der Waals surface area contributed by atoms with Gasteiger partial charge in [-0.25, -0.2) is 0 Å². The average Bonchev–Trinajstić information content (AvgIpc) is 2.90. The van der Waals surface area contributed by atoms with Crippen molar-refractivity contribution in [2.75, 3.05) is 6.61 Å². The van der Waals surface area contributed by atoms with E-state index in [1.807, 2.05) is 6.07 Å². The number of ketones is 1. The molecule has 1 spiro atoms. The number of hydrogen-bond donors (Lipinski definition) is 1. The monoisotopic (exact) mass is 287 g/mol. The Bertz CT molecular complexity index is 520. The van der Waals surface area contributed by atoms with Gasteiger partial charge >= 0.3 is 0 Å². The van der Waals surface area contributed by atoms with Crippen molar-refractivity contribution >= 4 is 11.7 Å². The summed E-state index contributed by atoms with van der Waals surface area (Å²) in [5.74, 6) is -0.997. The highest BCUT2D eigenvalue weighted by atomic mass is 16.5. The van der Waals surface area contributed by atoms with Crippen LogP contribution in [0.2, 0.25) is 0 Å². The number of hydrogen-bond acceptors (Lipinski definition) is 3. The van der Waals surface area contributed by atoms with Crippen molar-refractivity contribution in [3.8, 4) is 0 Å². The van der Waals surface area contributed by atoms with Gasteiger partial charge in [-0.15, -0.1) is 0 Å². The zero-order valence-electron chi connectivity index (χ0n) is 12.1. The van der Waals surface area contributed by atoms with Crippen LogP contribution in [-0.2, 0) is 9.53 Å². The van der Waals surface area contributed by atoms with Gasteiger partial charge in [0.2, 0.25) is 5.78 Å². The topological polar surface area (TPSA) is 55.4 Å². The van der Waals surface area contributed by atoms with E-state index in [0.717, 1.165) is 19.3 Å². The molecule has 4 nitrogen and oxygen atoms in total. The molecular formula is C17H21NO3. The minimum atomic E-state index is -0.525. The molecule has 1 aliphatic carbocycles. The summed E-state index contributed by atoms with van der Waals surface area (Å²) < 4.78 is 5.95. The number of ether oxygens (including phenoxy) is 1. The van der Waals surface area contributed by atoms with E-state index in [9.17, 15) is 9.59 Å². The van der Waals surface area contributed by atoms with Crippen molar-refractivity contribution in [2.24, 2.45) is 0 Å². The van der Waals surface area contributed by atoms with Gasteiger partial charge in [-0.05, 0) is 19.3 Å². The molecular weight excluding hydrogens is 266 g/mol. The number of carbonyl (C=O) groups excluding carboxylic acids is 2. The second kappa shape index (κ2) is 5.98. The van der Waals surface area contributed by atoms with Crippen molar-refractivity contribution in [3.63, 3.8) is 0 Å². The van der Waals surface area contributed by atoms with Crippen LogP contribution in [0.1, 0.15) is 48.9 Å². The summed E-state index contributed by atoms with van der Waals surface area (Å²) in [4.78, 5) is 24.1. The number of benzene rings is 1. The van der Waals surface area contributed by atoms with Gasteiger partial charge in [0.15, 0.2) is 0 Å². The van der Waals surface area contributed by atoms with Crippen molar-refractivity contribution in [1.82, 2.24) is 5.32 Å². The first-order chi connectivity index (χ1) is 10.2. The minimum absolute atomic E-state index is 0.0386. The minimum Gasteiger partial charge on any atom is -0.373 e. The van der Waals surface area contributed by atoms with Crippen LogP contribution in [-0.4, -0.2) is 29.9 Å². The van der Waals surface area contributed by atoms with Crippen molar-refractivity contribution in [1.29, 1.82) is 0 Å². The maximum Gasteiger partial charge on any atom is 0.292 e. The van der Waals surface area contributed by atoms with Gasteiger partial charge in [0.25, 0.3) is 5.91 Å². The summed E-state index contributed by atoms with van der Waals surface area (Å²) in [7, 11) is 0. The van der Waals surface area contributed by atoms with Crippen LogP contribution in [0.25, 0.3) is 0 Å². The quantitative estimate of drug-likeness (QED) is 0.686. The van der Waals surface area contributed by atoms with E-state index in [1.54, 1.807) is 24.3 Å². The lowest BCUT2D eigenvalue weighted by molar-refractivity contribution is -0.117. The van der Waals surface area contributed by atoms with Crippen molar-refractivity contribution in [3.05, 3.63) is 35.9 Å². The van der Waals surface area contributed by atoms with E-state index in [1.165, 1.54) is 19.3 Å². The second-order valence-electron chi connectivity index (χ2n) is 6.12. The normalized spacial score (nSPS) is 23.9. The Morgan fingerprint density at radius 3 is 2.52 bits per heavy atom. The number of rotatable bonds is 3. The fraction of sp³-hybridized carbons (Fsp3) is 0.529. The van der Waals surface area contributed by atoms with Crippen molar-refractivity contribution in [2.45, 2.75) is 50.2 Å². The number of nitrogens with one attached hydrogen (secondary N) is 1. The Balaban J connectivity index is 1.57. The first-order valence-electron chi connectivity index (χ1n) is 7.73. The predicted octanol–water partition coefficient (Wildman–Crippen LogP) is 2.48. The second-order valence-corrected chi connectivity index (χ2v) is 6.12. The average molecular weight is 287 g/mol. The van der Waals surface area contributed by atoms with Gasteiger partial charge in [-0.2, -0.15) is 0 Å². The summed E-state index contributed by atoms with van der Waals surface area (Å²) in [5.41, 5.74) is 0.382. The zero-order valence-corrected chi connectivity index (χ0v) is 12.1. The Kier molecular flexibility index (Phi) is 4.06. The van der Waals surface area contributed by atoms with Gasteiger partial charge in [0.1, 0.15) is 0 Å². The van der Waals surface area contributed by atoms with E-state index in [0.29, 0.717) is 12.2 Å². The number of Topliss-reactive ketones (excluding diaryl/α,β-unsaturated/α-hetero) is 1. The van der Waals surface area contributed by atoms with Crippen LogP contribution in [0.4, 0.5) is 0 Å². The standard InChI is InChI=1S/C17H21NO3/c19-15(13-7-3-1-4-8-13)16(20)18-14-11-17(21-12-14)9-5-2-6-10-17/h1,3-4,7-8,14H,2,5-6,9-12H2,(H,18,20)/t14-/m1/s1. The molecule has 1 atom stereocenters. The van der Waals surface area contributed by atoms with E-state index in [-0.39, 0.29) is 11.6 Å². The molecule has 0 unspecified atom stereocenters. The molecule has 1 amide bonds. The van der Waals surface area contributed by atoms with Gasteiger partial charge in [0, 0.05) is 5.56 Å². The Morgan fingerprint density at radius 2 is 1.81 bits per heavy atom. The molecule has 0 aromatic heterocycles. The fourth-order valence-electron chi connectivity index (χ4n) is 3.45. The molecule has 1 aliphatic heterocycles. The summed E-state index contributed by atoms with van der Waals surface area (Å²) >= 11 is 0.